The topological polar surface area (TPSA) is 17.1 Å². The van der Waals surface area contributed by atoms with Crippen molar-refractivity contribution in [2.75, 3.05) is 0 Å². The Morgan fingerprint density at radius 3 is 2.60 bits per heavy atom. The van der Waals surface area contributed by atoms with E-state index in [0.717, 1.165) is 10.9 Å². The predicted octanol–water partition coefficient (Wildman–Crippen LogP) is 4.04. The summed E-state index contributed by atoms with van der Waals surface area (Å²) in [6, 6.07) is 6.24. The highest BCUT2D eigenvalue weighted by atomic mass is 79.9. The van der Waals surface area contributed by atoms with E-state index in [1.165, 1.54) is 11.1 Å². The minimum Gasteiger partial charge on any atom is -0.298 e. The number of alkyl halides is 1. The van der Waals surface area contributed by atoms with Crippen LogP contribution in [0.15, 0.2) is 22.7 Å². The molecule has 0 saturated heterocycles. The monoisotopic (exact) mass is 332 g/mol. The van der Waals surface area contributed by atoms with Crippen molar-refractivity contribution in [1.82, 2.24) is 0 Å². The molecule has 1 atom stereocenters. The summed E-state index contributed by atoms with van der Waals surface area (Å²) >= 11 is 6.88. The molecule has 0 heterocycles. The van der Waals surface area contributed by atoms with Crippen LogP contribution >= 0.6 is 31.9 Å². The SMILES string of the molecule is CCC(=O)C(Br)Cc1cc(C)cc(Br)c1. The van der Waals surface area contributed by atoms with Gasteiger partial charge in [-0.25, -0.2) is 0 Å². The molecule has 0 saturated carbocycles. The molecule has 82 valence electrons. The fourth-order valence-electron chi connectivity index (χ4n) is 1.47. The van der Waals surface area contributed by atoms with E-state index in [2.05, 4.69) is 57.0 Å². The highest BCUT2D eigenvalue weighted by Crippen LogP contribution is 2.19. The molecule has 0 N–H and O–H groups in total. The first-order valence-corrected chi connectivity index (χ1v) is 6.66. The Hall–Kier alpha value is -0.150. The molecule has 1 aromatic carbocycles. The van der Waals surface area contributed by atoms with Gasteiger partial charge in [0, 0.05) is 10.9 Å². The molecular weight excluding hydrogens is 320 g/mol. The Morgan fingerprint density at radius 1 is 1.40 bits per heavy atom. The van der Waals surface area contributed by atoms with E-state index in [0.29, 0.717) is 6.42 Å². The second-order valence-corrected chi connectivity index (χ2v) is 5.65. The Balaban J connectivity index is 2.76. The lowest BCUT2D eigenvalue weighted by Gasteiger charge is -2.08. The second-order valence-electron chi connectivity index (χ2n) is 3.63. The third kappa shape index (κ3) is 4.07. The van der Waals surface area contributed by atoms with Crippen molar-refractivity contribution in [2.24, 2.45) is 0 Å². The van der Waals surface area contributed by atoms with Crippen LogP contribution in [-0.4, -0.2) is 10.6 Å². The van der Waals surface area contributed by atoms with Gasteiger partial charge >= 0.3 is 0 Å². The predicted molar refractivity (Wildman–Crippen MR) is 70.6 cm³/mol. The Bertz CT molecular complexity index is 340. The molecule has 1 nitrogen and oxygen atoms in total. The van der Waals surface area contributed by atoms with E-state index in [1.807, 2.05) is 6.92 Å². The molecule has 0 radical (unpaired) electrons. The third-order valence-corrected chi connectivity index (χ3v) is 3.51. The van der Waals surface area contributed by atoms with Crippen LogP contribution in [0.25, 0.3) is 0 Å². The molecule has 15 heavy (non-hydrogen) atoms. The zero-order chi connectivity index (χ0) is 11.4. The number of carbonyl (C=O) groups is 1. The van der Waals surface area contributed by atoms with Crippen molar-refractivity contribution in [1.29, 1.82) is 0 Å². The van der Waals surface area contributed by atoms with Crippen LogP contribution < -0.4 is 0 Å². The van der Waals surface area contributed by atoms with Gasteiger partial charge in [0.25, 0.3) is 0 Å². The van der Waals surface area contributed by atoms with E-state index in [-0.39, 0.29) is 10.6 Å². The molecule has 1 rings (SSSR count). The summed E-state index contributed by atoms with van der Waals surface area (Å²) in [5.74, 6) is 0.257. The first-order chi connectivity index (χ1) is 7.02. The van der Waals surface area contributed by atoms with E-state index in [1.54, 1.807) is 0 Å². The molecule has 0 spiro atoms. The van der Waals surface area contributed by atoms with Crippen LogP contribution in [0.2, 0.25) is 0 Å². The van der Waals surface area contributed by atoms with Gasteiger partial charge in [-0.1, -0.05) is 44.8 Å². The standard InChI is InChI=1S/C12H14Br2O/c1-3-12(15)11(14)7-9-4-8(2)5-10(13)6-9/h4-6,11H,3,7H2,1-2H3. The third-order valence-electron chi connectivity index (χ3n) is 2.21. The Kier molecular flexibility index (Phi) is 5.00. The van der Waals surface area contributed by atoms with Crippen LogP contribution in [0, 0.1) is 6.92 Å². The summed E-state index contributed by atoms with van der Waals surface area (Å²) in [6.45, 7) is 3.95. The lowest BCUT2D eigenvalue weighted by molar-refractivity contribution is -0.118. The van der Waals surface area contributed by atoms with Gasteiger partial charge in [-0.15, -0.1) is 0 Å². The molecular formula is C12H14Br2O. The fraction of sp³-hybridized carbons (Fsp3) is 0.417. The average Bonchev–Trinajstić information content (AvgIpc) is 2.14. The first-order valence-electron chi connectivity index (χ1n) is 4.95. The lowest BCUT2D eigenvalue weighted by atomic mass is 10.0. The van der Waals surface area contributed by atoms with E-state index >= 15 is 0 Å². The van der Waals surface area contributed by atoms with Crippen molar-refractivity contribution in [2.45, 2.75) is 31.5 Å². The molecule has 0 aliphatic heterocycles. The largest absolute Gasteiger partial charge is 0.298 e. The lowest BCUT2D eigenvalue weighted by Crippen LogP contribution is -2.15. The molecule has 0 amide bonds. The van der Waals surface area contributed by atoms with Crippen LogP contribution in [0.4, 0.5) is 0 Å². The van der Waals surface area contributed by atoms with Crippen molar-refractivity contribution in [3.8, 4) is 0 Å². The van der Waals surface area contributed by atoms with Crippen molar-refractivity contribution in [3.63, 3.8) is 0 Å². The molecule has 3 heteroatoms. The zero-order valence-corrected chi connectivity index (χ0v) is 12.1. The molecule has 0 aromatic heterocycles. The maximum absolute atomic E-state index is 11.4. The summed E-state index contributed by atoms with van der Waals surface area (Å²) in [5.41, 5.74) is 2.40. The Labute approximate surface area is 108 Å². The number of aryl methyl sites for hydroxylation is 1. The number of carbonyl (C=O) groups excluding carboxylic acids is 1. The number of rotatable bonds is 4. The fourth-order valence-corrected chi connectivity index (χ4v) is 2.82. The van der Waals surface area contributed by atoms with Crippen LogP contribution in [0.3, 0.4) is 0 Å². The van der Waals surface area contributed by atoms with Crippen LogP contribution in [-0.2, 0) is 11.2 Å². The van der Waals surface area contributed by atoms with Gasteiger partial charge in [0.15, 0.2) is 0 Å². The summed E-state index contributed by atoms with van der Waals surface area (Å²) in [6.07, 6.45) is 1.34. The van der Waals surface area contributed by atoms with Crippen molar-refractivity contribution < 1.29 is 4.79 Å². The highest BCUT2D eigenvalue weighted by molar-refractivity contribution is 9.10. The van der Waals surface area contributed by atoms with E-state index < -0.39 is 0 Å². The molecule has 0 aliphatic rings. The quantitative estimate of drug-likeness (QED) is 0.760. The van der Waals surface area contributed by atoms with Crippen LogP contribution in [0.1, 0.15) is 24.5 Å². The number of benzene rings is 1. The van der Waals surface area contributed by atoms with Crippen LogP contribution in [0.5, 0.6) is 0 Å². The number of Topliss-reactive ketones (excluding diaryl/α,β-unsaturated/α-hetero) is 1. The van der Waals surface area contributed by atoms with Crippen molar-refractivity contribution in [3.05, 3.63) is 33.8 Å². The minimum atomic E-state index is -0.0591. The maximum atomic E-state index is 11.4. The van der Waals surface area contributed by atoms with Gasteiger partial charge in [-0.3, -0.25) is 4.79 Å². The van der Waals surface area contributed by atoms with Gasteiger partial charge in [-0.2, -0.15) is 0 Å². The summed E-state index contributed by atoms with van der Waals surface area (Å²) < 4.78 is 1.07. The van der Waals surface area contributed by atoms with Gasteiger partial charge in [0.2, 0.25) is 0 Å². The normalized spacial score (nSPS) is 12.5. The average molecular weight is 334 g/mol. The first kappa shape index (κ1) is 12.9. The number of ketones is 1. The van der Waals surface area contributed by atoms with Gasteiger partial charge in [0.1, 0.15) is 5.78 Å². The molecule has 0 aliphatic carbocycles. The zero-order valence-electron chi connectivity index (χ0n) is 8.89. The van der Waals surface area contributed by atoms with E-state index in [9.17, 15) is 4.79 Å². The molecule has 1 unspecified atom stereocenters. The Morgan fingerprint density at radius 2 is 2.07 bits per heavy atom. The smallest absolute Gasteiger partial charge is 0.146 e. The number of hydrogen-bond acceptors (Lipinski definition) is 1. The second kappa shape index (κ2) is 5.80. The molecule has 0 fully saturated rings. The summed E-state index contributed by atoms with van der Waals surface area (Å²) in [4.78, 5) is 11.4. The van der Waals surface area contributed by atoms with E-state index in [4.69, 9.17) is 0 Å². The van der Waals surface area contributed by atoms with Gasteiger partial charge < -0.3 is 0 Å². The highest BCUT2D eigenvalue weighted by Gasteiger charge is 2.13. The molecule has 0 bridgehead atoms. The summed E-state index contributed by atoms with van der Waals surface area (Å²) in [5, 5.41) is 0. The van der Waals surface area contributed by atoms with Gasteiger partial charge in [-0.05, 0) is 36.6 Å². The number of halogens is 2. The van der Waals surface area contributed by atoms with Gasteiger partial charge in [0.05, 0.1) is 4.83 Å². The summed E-state index contributed by atoms with van der Waals surface area (Å²) in [7, 11) is 0. The van der Waals surface area contributed by atoms with Crippen molar-refractivity contribution >= 4 is 37.6 Å². The molecule has 1 aromatic rings. The maximum Gasteiger partial charge on any atom is 0.146 e. The number of hydrogen-bond donors (Lipinski definition) is 0. The minimum absolute atomic E-state index is 0.0591.